The molecule has 42 heavy (non-hydrogen) atoms. The van der Waals surface area contributed by atoms with Gasteiger partial charge in [-0.2, -0.15) is 0 Å². The van der Waals surface area contributed by atoms with Crippen LogP contribution in [0.2, 0.25) is 0 Å². The first-order valence-electron chi connectivity index (χ1n) is 14.1. The van der Waals surface area contributed by atoms with Gasteiger partial charge in [-0.05, 0) is 76.1 Å². The quantitative estimate of drug-likeness (QED) is 0.197. The third-order valence-corrected chi connectivity index (χ3v) is 7.94. The monoisotopic (exact) mass is 538 g/mol. The van der Waals surface area contributed by atoms with Gasteiger partial charge >= 0.3 is 0 Å². The lowest BCUT2D eigenvalue weighted by Crippen LogP contribution is -2.12. The van der Waals surface area contributed by atoms with E-state index >= 15 is 0 Å². The van der Waals surface area contributed by atoms with Gasteiger partial charge in [0.2, 0.25) is 0 Å². The molecule has 198 valence electrons. The minimum Gasteiger partial charge on any atom is -0.310 e. The molecule has 0 saturated heterocycles. The van der Waals surface area contributed by atoms with E-state index in [9.17, 15) is 0 Å². The highest BCUT2D eigenvalue weighted by Crippen LogP contribution is 2.46. The Morgan fingerprint density at radius 2 is 0.857 bits per heavy atom. The van der Waals surface area contributed by atoms with Crippen LogP contribution in [0.5, 0.6) is 0 Å². The summed E-state index contributed by atoms with van der Waals surface area (Å²) < 4.78 is 0. The van der Waals surface area contributed by atoms with E-state index in [2.05, 4.69) is 153 Å². The molecule has 0 radical (unpaired) electrons. The Bertz CT molecular complexity index is 1890. The molecule has 0 aliphatic heterocycles. The molecule has 1 heterocycles. The highest BCUT2D eigenvalue weighted by Gasteiger charge is 2.21. The molecule has 0 unspecified atom stereocenters. The Kier molecular flexibility index (Phi) is 5.75. The third-order valence-electron chi connectivity index (χ3n) is 7.94. The summed E-state index contributed by atoms with van der Waals surface area (Å²) in [5.41, 5.74) is 5.52. The van der Waals surface area contributed by atoms with Crippen LogP contribution in [0.1, 0.15) is 0 Å². The topological polar surface area (TPSA) is 32.3 Å². The number of hydrogen-bond donors (Lipinski definition) is 0. The van der Waals surface area contributed by atoms with Gasteiger partial charge in [-0.25, -0.2) is 9.97 Å². The minimum atomic E-state index is 0.825. The zero-order valence-corrected chi connectivity index (χ0v) is 22.8. The molecule has 0 spiro atoms. The summed E-state index contributed by atoms with van der Waals surface area (Å²) in [6.45, 7) is 0. The fourth-order valence-corrected chi connectivity index (χ4v) is 6.13. The second kappa shape index (κ2) is 10.0. The molecule has 0 aliphatic rings. The normalized spacial score (nSPS) is 11.3. The van der Waals surface area contributed by atoms with Crippen LogP contribution in [0.25, 0.3) is 32.3 Å². The van der Waals surface area contributed by atoms with E-state index in [-0.39, 0.29) is 0 Å². The molecule has 0 bridgehead atoms. The van der Waals surface area contributed by atoms with Gasteiger partial charge in [0.15, 0.2) is 0 Å². The molecule has 0 atom stereocenters. The number of anilines is 6. The number of benzene rings is 7. The molecular formula is C38H26N4. The predicted molar refractivity (Wildman–Crippen MR) is 175 cm³/mol. The molecule has 0 fully saturated rings. The summed E-state index contributed by atoms with van der Waals surface area (Å²) in [7, 11) is 0. The van der Waals surface area contributed by atoms with E-state index in [1.165, 1.54) is 32.3 Å². The van der Waals surface area contributed by atoms with Crippen molar-refractivity contribution in [2.75, 3.05) is 9.80 Å². The Morgan fingerprint density at radius 3 is 1.33 bits per heavy atom. The minimum absolute atomic E-state index is 0.825. The van der Waals surface area contributed by atoms with E-state index in [1.54, 1.807) is 12.5 Å². The molecule has 0 N–H and O–H groups in total. The highest BCUT2D eigenvalue weighted by molar-refractivity contribution is 6.28. The van der Waals surface area contributed by atoms with Crippen molar-refractivity contribution in [1.82, 2.24) is 9.97 Å². The Morgan fingerprint density at radius 1 is 0.405 bits per heavy atom. The largest absolute Gasteiger partial charge is 0.310 e. The lowest BCUT2D eigenvalue weighted by Gasteiger charge is -2.28. The molecule has 1 aromatic heterocycles. The second-order valence-corrected chi connectivity index (χ2v) is 10.3. The van der Waals surface area contributed by atoms with E-state index in [0.717, 1.165) is 34.3 Å². The van der Waals surface area contributed by atoms with E-state index in [4.69, 9.17) is 0 Å². The Balaban J connectivity index is 1.42. The van der Waals surface area contributed by atoms with Crippen molar-refractivity contribution in [3.05, 3.63) is 158 Å². The van der Waals surface area contributed by atoms with Crippen LogP contribution < -0.4 is 9.80 Å². The lowest BCUT2D eigenvalue weighted by molar-refractivity contribution is 1.11. The first-order valence-corrected chi connectivity index (χ1v) is 14.1. The smallest absolute Gasteiger partial charge is 0.140 e. The second-order valence-electron chi connectivity index (χ2n) is 10.3. The first-order chi connectivity index (χ1) is 20.9. The van der Waals surface area contributed by atoms with Crippen molar-refractivity contribution in [1.29, 1.82) is 0 Å². The predicted octanol–water partition coefficient (Wildman–Crippen LogP) is 10.3. The van der Waals surface area contributed by atoms with Crippen molar-refractivity contribution < 1.29 is 0 Å². The molecular weight excluding hydrogens is 512 g/mol. The third kappa shape index (κ3) is 3.93. The van der Waals surface area contributed by atoms with Crippen LogP contribution in [-0.2, 0) is 0 Å². The van der Waals surface area contributed by atoms with Crippen molar-refractivity contribution in [2.45, 2.75) is 0 Å². The van der Waals surface area contributed by atoms with E-state index < -0.39 is 0 Å². The summed E-state index contributed by atoms with van der Waals surface area (Å²) >= 11 is 0. The average molecular weight is 539 g/mol. The lowest BCUT2D eigenvalue weighted by atomic mass is 9.92. The maximum Gasteiger partial charge on any atom is 0.140 e. The average Bonchev–Trinajstić information content (AvgIpc) is 3.07. The van der Waals surface area contributed by atoms with Gasteiger partial charge < -0.3 is 4.90 Å². The number of para-hydroxylation sites is 3. The molecule has 0 aliphatic carbocycles. The van der Waals surface area contributed by atoms with E-state index in [1.807, 2.05) is 12.1 Å². The molecule has 8 rings (SSSR count). The number of hydrogen-bond acceptors (Lipinski definition) is 4. The SMILES string of the molecule is c1ccc(N(c2ccccc2)c2ccc3ccc4c(N(c5ccccc5)c5ccncn5)ccc5ccc2c3c54)cc1. The van der Waals surface area contributed by atoms with Gasteiger partial charge in [-0.1, -0.05) is 91.0 Å². The molecule has 7 aromatic carbocycles. The van der Waals surface area contributed by atoms with Crippen LogP contribution in [0.3, 0.4) is 0 Å². The van der Waals surface area contributed by atoms with Crippen molar-refractivity contribution in [3.63, 3.8) is 0 Å². The number of rotatable bonds is 6. The molecule has 4 nitrogen and oxygen atoms in total. The van der Waals surface area contributed by atoms with Gasteiger partial charge in [0.1, 0.15) is 12.1 Å². The highest BCUT2D eigenvalue weighted by atomic mass is 15.2. The summed E-state index contributed by atoms with van der Waals surface area (Å²) in [6.07, 6.45) is 3.40. The zero-order valence-electron chi connectivity index (χ0n) is 22.8. The van der Waals surface area contributed by atoms with Crippen molar-refractivity contribution in [2.24, 2.45) is 0 Å². The fourth-order valence-electron chi connectivity index (χ4n) is 6.13. The van der Waals surface area contributed by atoms with Gasteiger partial charge in [0.25, 0.3) is 0 Å². The van der Waals surface area contributed by atoms with Gasteiger partial charge in [-0.3, -0.25) is 4.90 Å². The summed E-state index contributed by atoms with van der Waals surface area (Å²) in [5.74, 6) is 0.825. The van der Waals surface area contributed by atoms with Gasteiger partial charge in [-0.15, -0.1) is 0 Å². The van der Waals surface area contributed by atoms with Crippen molar-refractivity contribution in [3.8, 4) is 0 Å². The van der Waals surface area contributed by atoms with Crippen LogP contribution in [0.4, 0.5) is 34.3 Å². The summed E-state index contributed by atoms with van der Waals surface area (Å²) in [5, 5.41) is 7.33. The maximum absolute atomic E-state index is 4.65. The Labute approximate surface area is 244 Å². The van der Waals surface area contributed by atoms with Gasteiger partial charge in [0, 0.05) is 34.0 Å². The molecule has 0 saturated carbocycles. The summed E-state index contributed by atoms with van der Waals surface area (Å²) in [6, 6.07) is 51.5. The number of aromatic nitrogens is 2. The maximum atomic E-state index is 4.65. The number of nitrogens with zero attached hydrogens (tertiary/aromatic N) is 4. The van der Waals surface area contributed by atoms with Crippen LogP contribution in [-0.4, -0.2) is 9.97 Å². The standard InChI is InChI=1S/C38H26N4/c1-4-10-29(11-5-1)41(30-12-6-2-7-13-30)34-22-18-27-17-21-33-35(23-19-28-16-20-32(34)37(27)38(28)33)42(31-14-8-3-9-15-31)36-24-25-39-26-40-36/h1-26H. The zero-order chi connectivity index (χ0) is 27.9. The first kappa shape index (κ1) is 24.1. The van der Waals surface area contributed by atoms with Crippen LogP contribution >= 0.6 is 0 Å². The molecule has 4 heteroatoms. The Hall–Kier alpha value is -5.74. The van der Waals surface area contributed by atoms with Crippen LogP contribution in [0.15, 0.2) is 158 Å². The van der Waals surface area contributed by atoms with E-state index in [0.29, 0.717) is 0 Å². The van der Waals surface area contributed by atoms with Gasteiger partial charge in [0.05, 0.1) is 11.4 Å². The van der Waals surface area contributed by atoms with Crippen LogP contribution in [0, 0.1) is 0 Å². The summed E-state index contributed by atoms with van der Waals surface area (Å²) in [4.78, 5) is 13.4. The molecule has 8 aromatic rings. The van der Waals surface area contributed by atoms with Crippen molar-refractivity contribution >= 4 is 66.6 Å². The fraction of sp³-hybridized carbons (Fsp3) is 0. The molecule has 0 amide bonds.